The van der Waals surface area contributed by atoms with Crippen LogP contribution in [0.15, 0.2) is 0 Å². The fraction of sp³-hybridized carbons (Fsp3) is 0.818. The monoisotopic (exact) mass is 178 g/mol. The number of Topliss-reactive ketones (excluding diaryl/α,β-unsaturated/α-hetero) is 2. The van der Waals surface area contributed by atoms with Crippen LogP contribution in [0.5, 0.6) is 0 Å². The number of hydrogen-bond donors (Lipinski definition) is 0. The number of ketones is 2. The van der Waals surface area contributed by atoms with Gasteiger partial charge in [0.05, 0.1) is 0 Å². The molecule has 0 aromatic heterocycles. The Balaban J connectivity index is 1.84. The summed E-state index contributed by atoms with van der Waals surface area (Å²) in [5.74, 6) is 3.35. The molecule has 3 aliphatic carbocycles. The molecular formula is C11H14O2. The normalized spacial score (nSPS) is 48.3. The van der Waals surface area contributed by atoms with Gasteiger partial charge in [0.2, 0.25) is 0 Å². The van der Waals surface area contributed by atoms with Crippen molar-refractivity contribution < 1.29 is 9.59 Å². The van der Waals surface area contributed by atoms with Crippen LogP contribution >= 0.6 is 0 Å². The van der Waals surface area contributed by atoms with E-state index in [2.05, 4.69) is 0 Å². The average Bonchev–Trinajstić information content (AvgIpc) is 2.60. The van der Waals surface area contributed by atoms with Gasteiger partial charge in [-0.15, -0.1) is 0 Å². The molecule has 0 aromatic carbocycles. The lowest BCUT2D eigenvalue weighted by molar-refractivity contribution is -0.119. The van der Waals surface area contributed by atoms with Gasteiger partial charge >= 0.3 is 0 Å². The smallest absolute Gasteiger partial charge is 0.133 e. The first-order valence-corrected chi connectivity index (χ1v) is 5.27. The second-order valence-electron chi connectivity index (χ2n) is 4.98. The Bertz CT molecular complexity index is 254. The van der Waals surface area contributed by atoms with E-state index in [0.29, 0.717) is 35.2 Å². The van der Waals surface area contributed by atoms with Crippen LogP contribution in [-0.4, -0.2) is 11.6 Å². The number of fused-ring (bicyclic) bond motifs is 3. The third kappa shape index (κ3) is 1.01. The van der Waals surface area contributed by atoms with Crippen molar-refractivity contribution in [2.24, 2.45) is 23.7 Å². The third-order valence-electron chi connectivity index (χ3n) is 4.27. The summed E-state index contributed by atoms with van der Waals surface area (Å²) >= 11 is 0. The highest BCUT2D eigenvalue weighted by atomic mass is 16.1. The SMILES string of the molecule is O=C1C[C@@H]2C[C@@H]3CC(=O)C[C@@H]3[C@@H]2C1. The standard InChI is InChI=1S/C11H14O2/c12-8-2-6-1-7-3-9(13)5-11(7)10(6)4-8/h6-7,10-11H,1-5H2/t6-,7+,10+,11-. The number of rotatable bonds is 0. The highest BCUT2D eigenvalue weighted by Crippen LogP contribution is 2.54. The minimum Gasteiger partial charge on any atom is -0.300 e. The van der Waals surface area contributed by atoms with E-state index in [4.69, 9.17) is 0 Å². The van der Waals surface area contributed by atoms with Crippen molar-refractivity contribution in [3.8, 4) is 0 Å². The van der Waals surface area contributed by atoms with Crippen molar-refractivity contribution in [1.82, 2.24) is 0 Å². The third-order valence-corrected chi connectivity index (χ3v) is 4.27. The molecule has 0 N–H and O–H groups in total. The van der Waals surface area contributed by atoms with Crippen LogP contribution < -0.4 is 0 Å². The Morgan fingerprint density at radius 1 is 0.769 bits per heavy atom. The number of carbonyl (C=O) groups is 2. The van der Waals surface area contributed by atoms with Gasteiger partial charge in [0.1, 0.15) is 11.6 Å². The molecule has 4 atom stereocenters. The molecular weight excluding hydrogens is 164 g/mol. The number of hydrogen-bond acceptors (Lipinski definition) is 2. The first-order chi connectivity index (χ1) is 6.24. The molecule has 0 radical (unpaired) electrons. The molecule has 0 aliphatic heterocycles. The molecule has 2 nitrogen and oxygen atoms in total. The van der Waals surface area contributed by atoms with Crippen molar-refractivity contribution in [3.05, 3.63) is 0 Å². The van der Waals surface area contributed by atoms with Crippen LogP contribution in [0.3, 0.4) is 0 Å². The van der Waals surface area contributed by atoms with E-state index >= 15 is 0 Å². The van der Waals surface area contributed by atoms with E-state index in [9.17, 15) is 9.59 Å². The zero-order valence-electron chi connectivity index (χ0n) is 7.66. The molecule has 3 fully saturated rings. The van der Waals surface area contributed by atoms with Gasteiger partial charge in [0.25, 0.3) is 0 Å². The van der Waals surface area contributed by atoms with E-state index < -0.39 is 0 Å². The Kier molecular flexibility index (Phi) is 1.44. The van der Waals surface area contributed by atoms with Crippen LogP contribution in [0.25, 0.3) is 0 Å². The quantitative estimate of drug-likeness (QED) is 0.564. The Morgan fingerprint density at radius 2 is 1.23 bits per heavy atom. The highest BCUT2D eigenvalue weighted by molar-refractivity contribution is 5.84. The van der Waals surface area contributed by atoms with Gasteiger partial charge in [-0.3, -0.25) is 9.59 Å². The molecule has 70 valence electrons. The van der Waals surface area contributed by atoms with Gasteiger partial charge in [-0.2, -0.15) is 0 Å². The van der Waals surface area contributed by atoms with Gasteiger partial charge in [0, 0.05) is 25.7 Å². The predicted octanol–water partition coefficient (Wildman–Crippen LogP) is 1.58. The molecule has 0 heterocycles. The van der Waals surface area contributed by atoms with Gasteiger partial charge in [-0.1, -0.05) is 0 Å². The fourth-order valence-electron chi connectivity index (χ4n) is 3.82. The van der Waals surface area contributed by atoms with Gasteiger partial charge < -0.3 is 0 Å². The van der Waals surface area contributed by atoms with Crippen LogP contribution in [0.1, 0.15) is 32.1 Å². The van der Waals surface area contributed by atoms with E-state index in [0.717, 1.165) is 32.1 Å². The molecule has 0 saturated heterocycles. The maximum atomic E-state index is 11.2. The molecule has 0 aromatic rings. The summed E-state index contributed by atoms with van der Waals surface area (Å²) in [5, 5.41) is 0. The van der Waals surface area contributed by atoms with E-state index in [-0.39, 0.29) is 0 Å². The van der Waals surface area contributed by atoms with Crippen molar-refractivity contribution in [3.63, 3.8) is 0 Å². The summed E-state index contributed by atoms with van der Waals surface area (Å²) in [5.41, 5.74) is 0. The summed E-state index contributed by atoms with van der Waals surface area (Å²) in [6.45, 7) is 0. The lowest BCUT2D eigenvalue weighted by atomic mass is 9.90. The molecule has 0 amide bonds. The molecule has 0 spiro atoms. The minimum atomic E-state index is 0.438. The van der Waals surface area contributed by atoms with E-state index in [1.807, 2.05) is 0 Å². The van der Waals surface area contributed by atoms with Crippen molar-refractivity contribution in [2.45, 2.75) is 32.1 Å². The summed E-state index contributed by atoms with van der Waals surface area (Å²) in [4.78, 5) is 22.5. The van der Waals surface area contributed by atoms with E-state index in [1.165, 1.54) is 0 Å². The van der Waals surface area contributed by atoms with Crippen molar-refractivity contribution >= 4 is 11.6 Å². The highest BCUT2D eigenvalue weighted by Gasteiger charge is 2.51. The maximum absolute atomic E-state index is 11.2. The van der Waals surface area contributed by atoms with E-state index in [1.54, 1.807) is 0 Å². The van der Waals surface area contributed by atoms with Gasteiger partial charge in [-0.05, 0) is 30.1 Å². The summed E-state index contributed by atoms with van der Waals surface area (Å²) in [6, 6.07) is 0. The second kappa shape index (κ2) is 2.43. The first kappa shape index (κ1) is 7.72. The Labute approximate surface area is 77.7 Å². The molecule has 0 unspecified atom stereocenters. The molecule has 3 aliphatic rings. The Hall–Kier alpha value is -0.660. The zero-order valence-corrected chi connectivity index (χ0v) is 7.66. The van der Waals surface area contributed by atoms with Crippen LogP contribution in [-0.2, 0) is 9.59 Å². The van der Waals surface area contributed by atoms with Crippen LogP contribution in [0.4, 0.5) is 0 Å². The molecule has 13 heavy (non-hydrogen) atoms. The van der Waals surface area contributed by atoms with Crippen molar-refractivity contribution in [2.75, 3.05) is 0 Å². The largest absolute Gasteiger partial charge is 0.300 e. The van der Waals surface area contributed by atoms with Gasteiger partial charge in [0.15, 0.2) is 0 Å². The Morgan fingerprint density at radius 3 is 1.69 bits per heavy atom. The first-order valence-electron chi connectivity index (χ1n) is 5.27. The molecule has 2 heteroatoms. The zero-order chi connectivity index (χ0) is 9.00. The topological polar surface area (TPSA) is 34.1 Å². The summed E-state index contributed by atoms with van der Waals surface area (Å²) < 4.78 is 0. The lowest BCUT2D eigenvalue weighted by Crippen LogP contribution is -2.10. The average molecular weight is 178 g/mol. The maximum Gasteiger partial charge on any atom is 0.133 e. The molecule has 3 rings (SSSR count). The minimum absolute atomic E-state index is 0.438. The summed E-state index contributed by atoms with van der Waals surface area (Å²) in [7, 11) is 0. The number of carbonyl (C=O) groups excluding carboxylic acids is 2. The fourth-order valence-corrected chi connectivity index (χ4v) is 3.82. The molecule has 3 saturated carbocycles. The second-order valence-corrected chi connectivity index (χ2v) is 4.98. The van der Waals surface area contributed by atoms with Crippen LogP contribution in [0, 0.1) is 23.7 Å². The van der Waals surface area contributed by atoms with Gasteiger partial charge in [-0.25, -0.2) is 0 Å². The molecule has 0 bridgehead atoms. The predicted molar refractivity (Wildman–Crippen MR) is 47.1 cm³/mol. The summed E-state index contributed by atoms with van der Waals surface area (Å²) in [6.07, 6.45) is 4.34. The van der Waals surface area contributed by atoms with Crippen molar-refractivity contribution in [1.29, 1.82) is 0 Å². The lowest BCUT2D eigenvalue weighted by Gasteiger charge is -2.14. The van der Waals surface area contributed by atoms with Crippen LogP contribution in [0.2, 0.25) is 0 Å².